The Kier molecular flexibility index (Phi) is 5.33. The number of nitrogens with one attached hydrogen (secondary N) is 1. The van der Waals surface area contributed by atoms with Gasteiger partial charge in [-0.1, -0.05) is 0 Å². The van der Waals surface area contributed by atoms with Crippen molar-refractivity contribution in [3.63, 3.8) is 0 Å². The van der Waals surface area contributed by atoms with Crippen LogP contribution in [0, 0.1) is 0 Å². The molecular formula is C11H15BrN2O4S. The van der Waals surface area contributed by atoms with Crippen molar-refractivity contribution < 1.29 is 17.9 Å². The number of rotatable bonds is 5. The van der Waals surface area contributed by atoms with E-state index >= 15 is 0 Å². The number of esters is 1. The Morgan fingerprint density at radius 1 is 1.53 bits per heavy atom. The highest BCUT2D eigenvalue weighted by Gasteiger charge is 2.23. The van der Waals surface area contributed by atoms with E-state index < -0.39 is 22.0 Å². The molecule has 0 radical (unpaired) electrons. The van der Waals surface area contributed by atoms with Gasteiger partial charge in [0.25, 0.3) is 0 Å². The van der Waals surface area contributed by atoms with Crippen LogP contribution < -0.4 is 10.5 Å². The maximum atomic E-state index is 12.0. The van der Waals surface area contributed by atoms with Gasteiger partial charge in [0.05, 0.1) is 11.5 Å². The van der Waals surface area contributed by atoms with Crippen molar-refractivity contribution in [3.05, 3.63) is 22.7 Å². The summed E-state index contributed by atoms with van der Waals surface area (Å²) in [6.07, 6.45) is 0. The number of nitrogens with two attached hydrogens (primary N) is 1. The molecule has 0 saturated heterocycles. The molecule has 1 atom stereocenters. The Balaban J connectivity index is 2.92. The summed E-state index contributed by atoms with van der Waals surface area (Å²) in [6, 6.07) is 3.24. The van der Waals surface area contributed by atoms with Crippen molar-refractivity contribution in [2.75, 3.05) is 12.3 Å². The molecular weight excluding hydrogens is 336 g/mol. The molecule has 0 fully saturated rings. The summed E-state index contributed by atoms with van der Waals surface area (Å²) in [6.45, 7) is 3.26. The number of carbonyl (C=O) groups excluding carboxylic acids is 1. The second-order valence-corrected chi connectivity index (χ2v) is 6.35. The summed E-state index contributed by atoms with van der Waals surface area (Å²) >= 11 is 3.15. The van der Waals surface area contributed by atoms with Crippen LogP contribution in [0.5, 0.6) is 0 Å². The van der Waals surface area contributed by atoms with E-state index in [4.69, 9.17) is 10.5 Å². The molecule has 106 valence electrons. The lowest BCUT2D eigenvalue weighted by molar-refractivity contribution is -0.144. The Morgan fingerprint density at radius 3 is 2.68 bits per heavy atom. The van der Waals surface area contributed by atoms with Gasteiger partial charge in [-0.05, 0) is 48.0 Å². The van der Waals surface area contributed by atoms with Crippen LogP contribution in [0.1, 0.15) is 13.8 Å². The molecule has 0 spiro atoms. The van der Waals surface area contributed by atoms with Gasteiger partial charge in [0.1, 0.15) is 6.04 Å². The molecule has 0 aromatic heterocycles. The molecule has 1 aromatic rings. The molecule has 0 heterocycles. The molecule has 3 N–H and O–H groups in total. The van der Waals surface area contributed by atoms with E-state index in [0.717, 1.165) is 0 Å². The van der Waals surface area contributed by atoms with Crippen molar-refractivity contribution in [2.24, 2.45) is 0 Å². The average Bonchev–Trinajstić information content (AvgIpc) is 2.32. The standard InChI is InChI=1S/C11H15BrN2O4S/c1-3-18-11(15)7(2)14-19(16,17)8-4-5-10(13)9(12)6-8/h4-7,14H,3,13H2,1-2H3. The normalized spacial score (nSPS) is 13.0. The molecule has 1 aromatic carbocycles. The molecule has 0 aliphatic heterocycles. The van der Waals surface area contributed by atoms with Crippen molar-refractivity contribution in [3.8, 4) is 0 Å². The minimum Gasteiger partial charge on any atom is -0.465 e. The van der Waals surface area contributed by atoms with E-state index in [1.807, 2.05) is 0 Å². The highest BCUT2D eigenvalue weighted by atomic mass is 79.9. The number of benzene rings is 1. The van der Waals surface area contributed by atoms with Crippen LogP contribution >= 0.6 is 15.9 Å². The first-order valence-corrected chi connectivity index (χ1v) is 7.79. The van der Waals surface area contributed by atoms with Gasteiger partial charge < -0.3 is 10.5 Å². The third kappa shape index (κ3) is 4.19. The summed E-state index contributed by atoms with van der Waals surface area (Å²) < 4.78 is 31.5. The number of hydrogen-bond donors (Lipinski definition) is 2. The minimum absolute atomic E-state index is 0.0183. The SMILES string of the molecule is CCOC(=O)C(C)NS(=O)(=O)c1ccc(N)c(Br)c1. The van der Waals surface area contributed by atoms with E-state index in [0.29, 0.717) is 10.2 Å². The Bertz CT molecular complexity index is 574. The van der Waals surface area contributed by atoms with Crippen LogP contribution in [0.3, 0.4) is 0 Å². The average molecular weight is 351 g/mol. The predicted octanol–water partition coefficient (Wildman–Crippen LogP) is 1.26. The fourth-order valence-electron chi connectivity index (χ4n) is 1.29. The van der Waals surface area contributed by atoms with Crippen LogP contribution in [0.25, 0.3) is 0 Å². The zero-order valence-electron chi connectivity index (χ0n) is 10.5. The van der Waals surface area contributed by atoms with Crippen LogP contribution in [0.2, 0.25) is 0 Å². The van der Waals surface area contributed by atoms with E-state index in [1.54, 1.807) is 6.92 Å². The van der Waals surface area contributed by atoms with Crippen LogP contribution in [0.15, 0.2) is 27.6 Å². The summed E-state index contributed by atoms with van der Waals surface area (Å²) in [5.74, 6) is -0.624. The first-order chi connectivity index (χ1) is 8.77. The van der Waals surface area contributed by atoms with Crippen LogP contribution in [0.4, 0.5) is 5.69 Å². The summed E-state index contributed by atoms with van der Waals surface area (Å²) in [5.41, 5.74) is 6.01. The molecule has 0 aliphatic rings. The quantitative estimate of drug-likeness (QED) is 0.615. The second-order valence-electron chi connectivity index (χ2n) is 3.78. The molecule has 0 amide bonds. The Hall–Kier alpha value is -1.12. The number of hydrogen-bond acceptors (Lipinski definition) is 5. The second kappa shape index (κ2) is 6.36. The first-order valence-electron chi connectivity index (χ1n) is 5.52. The zero-order valence-corrected chi connectivity index (χ0v) is 12.9. The molecule has 0 saturated carbocycles. The highest BCUT2D eigenvalue weighted by Crippen LogP contribution is 2.23. The van der Waals surface area contributed by atoms with Crippen molar-refractivity contribution >= 4 is 37.6 Å². The molecule has 8 heteroatoms. The fraction of sp³-hybridized carbons (Fsp3) is 0.364. The molecule has 19 heavy (non-hydrogen) atoms. The lowest BCUT2D eigenvalue weighted by atomic mass is 10.3. The van der Waals surface area contributed by atoms with Crippen molar-refractivity contribution in [1.82, 2.24) is 4.72 Å². The number of nitrogen functional groups attached to an aromatic ring is 1. The first kappa shape index (κ1) is 15.9. The molecule has 1 unspecified atom stereocenters. The highest BCUT2D eigenvalue weighted by molar-refractivity contribution is 9.10. The fourth-order valence-corrected chi connectivity index (χ4v) is 3.04. The number of halogens is 1. The van der Waals surface area contributed by atoms with Gasteiger partial charge >= 0.3 is 5.97 Å². The number of ether oxygens (including phenoxy) is 1. The topological polar surface area (TPSA) is 98.5 Å². The summed E-state index contributed by atoms with van der Waals surface area (Å²) in [7, 11) is -3.80. The van der Waals surface area contributed by atoms with Gasteiger partial charge in [-0.15, -0.1) is 0 Å². The largest absolute Gasteiger partial charge is 0.465 e. The van der Waals surface area contributed by atoms with E-state index in [2.05, 4.69) is 20.7 Å². The van der Waals surface area contributed by atoms with Crippen molar-refractivity contribution in [2.45, 2.75) is 24.8 Å². The van der Waals surface area contributed by atoms with Crippen molar-refractivity contribution in [1.29, 1.82) is 0 Å². The zero-order chi connectivity index (χ0) is 14.6. The molecule has 6 nitrogen and oxygen atoms in total. The summed E-state index contributed by atoms with van der Waals surface area (Å²) in [4.78, 5) is 11.4. The maximum Gasteiger partial charge on any atom is 0.323 e. The molecule has 1 rings (SSSR count). The van der Waals surface area contributed by atoms with Gasteiger partial charge in [0, 0.05) is 10.2 Å². The minimum atomic E-state index is -3.80. The molecule has 0 aliphatic carbocycles. The third-order valence-electron chi connectivity index (χ3n) is 2.25. The van der Waals surface area contributed by atoms with E-state index in [9.17, 15) is 13.2 Å². The van der Waals surface area contributed by atoms with Crippen LogP contribution in [-0.2, 0) is 19.6 Å². The third-order valence-corrected chi connectivity index (χ3v) is 4.48. The lowest BCUT2D eigenvalue weighted by Gasteiger charge is -2.13. The van der Waals surface area contributed by atoms with Gasteiger partial charge in [0.2, 0.25) is 10.0 Å². The van der Waals surface area contributed by atoms with Gasteiger partial charge in [-0.2, -0.15) is 4.72 Å². The molecule has 0 bridgehead atoms. The van der Waals surface area contributed by atoms with Crippen LogP contribution in [-0.4, -0.2) is 27.0 Å². The van der Waals surface area contributed by atoms with Gasteiger partial charge in [0.15, 0.2) is 0 Å². The summed E-state index contributed by atoms with van der Waals surface area (Å²) in [5, 5.41) is 0. The number of carbonyl (C=O) groups is 1. The monoisotopic (exact) mass is 350 g/mol. The Morgan fingerprint density at radius 2 is 2.16 bits per heavy atom. The number of sulfonamides is 1. The van der Waals surface area contributed by atoms with Gasteiger partial charge in [-0.3, -0.25) is 4.79 Å². The maximum absolute atomic E-state index is 12.0. The predicted molar refractivity (Wildman–Crippen MR) is 75.0 cm³/mol. The van der Waals surface area contributed by atoms with E-state index in [-0.39, 0.29) is 11.5 Å². The Labute approximate surface area is 120 Å². The number of anilines is 1. The van der Waals surface area contributed by atoms with E-state index in [1.165, 1.54) is 25.1 Å². The smallest absolute Gasteiger partial charge is 0.323 e. The lowest BCUT2D eigenvalue weighted by Crippen LogP contribution is -2.39. The van der Waals surface area contributed by atoms with Gasteiger partial charge in [-0.25, -0.2) is 8.42 Å².